The predicted molar refractivity (Wildman–Crippen MR) is 105 cm³/mol. The summed E-state index contributed by atoms with van der Waals surface area (Å²) in [5.74, 6) is 0.479. The highest BCUT2D eigenvalue weighted by atomic mass is 19.1. The Morgan fingerprint density at radius 3 is 2.86 bits per heavy atom. The number of rotatable bonds is 4. The third-order valence-electron chi connectivity index (χ3n) is 5.05. The number of fused-ring (bicyclic) bond motifs is 1. The first-order valence-electron chi connectivity index (χ1n) is 9.27. The average molecular weight is 379 g/mol. The summed E-state index contributed by atoms with van der Waals surface area (Å²) >= 11 is 0. The number of nitrogens with zero attached hydrogens (tertiary/aromatic N) is 3. The van der Waals surface area contributed by atoms with E-state index in [4.69, 9.17) is 10.5 Å². The van der Waals surface area contributed by atoms with Crippen LogP contribution in [0.1, 0.15) is 35.5 Å². The largest absolute Gasteiger partial charge is 0.481 e. The third kappa shape index (κ3) is 3.41. The highest BCUT2D eigenvalue weighted by molar-refractivity contribution is 5.65. The highest BCUT2D eigenvalue weighted by Crippen LogP contribution is 2.33. The molecule has 0 bridgehead atoms. The number of aryl methyl sites for hydroxylation is 1. The number of hydrogen-bond donors (Lipinski definition) is 2. The van der Waals surface area contributed by atoms with Gasteiger partial charge in [0.1, 0.15) is 5.82 Å². The second-order valence-electron chi connectivity index (χ2n) is 6.74. The van der Waals surface area contributed by atoms with Crippen molar-refractivity contribution in [1.29, 1.82) is 0 Å². The Kier molecular flexibility index (Phi) is 4.92. The molecule has 1 aliphatic rings. The first-order valence-corrected chi connectivity index (χ1v) is 9.27. The van der Waals surface area contributed by atoms with Crippen LogP contribution in [0.5, 0.6) is 5.88 Å². The van der Waals surface area contributed by atoms with Crippen molar-refractivity contribution in [2.45, 2.75) is 32.4 Å². The second-order valence-corrected chi connectivity index (χ2v) is 6.74. The van der Waals surface area contributed by atoms with Gasteiger partial charge in [-0.15, -0.1) is 0 Å². The lowest BCUT2D eigenvalue weighted by Gasteiger charge is -2.28. The molecule has 3 heterocycles. The van der Waals surface area contributed by atoms with Crippen molar-refractivity contribution >= 4 is 5.95 Å². The van der Waals surface area contributed by atoms with Crippen molar-refractivity contribution < 1.29 is 9.13 Å². The maximum absolute atomic E-state index is 14.1. The molecule has 0 aliphatic carbocycles. The second kappa shape index (κ2) is 7.52. The minimum atomic E-state index is -0.306. The number of halogens is 1. The molecule has 0 saturated heterocycles. The quantitative estimate of drug-likeness (QED) is 0.724. The fraction of sp³-hybridized carbons (Fsp3) is 0.286. The van der Waals surface area contributed by atoms with Crippen LogP contribution >= 0.6 is 0 Å². The van der Waals surface area contributed by atoms with Crippen molar-refractivity contribution in [3.05, 3.63) is 64.7 Å². The molecule has 0 radical (unpaired) electrons. The molecule has 0 fully saturated rings. The molecule has 0 spiro atoms. The Balaban J connectivity index is 1.75. The van der Waals surface area contributed by atoms with Gasteiger partial charge in [0.25, 0.3) is 0 Å². The molecule has 3 aromatic rings. The van der Waals surface area contributed by atoms with E-state index in [1.807, 2.05) is 12.1 Å². The van der Waals surface area contributed by atoms with Gasteiger partial charge < -0.3 is 15.8 Å². The lowest BCUT2D eigenvalue weighted by Crippen LogP contribution is -2.31. The van der Waals surface area contributed by atoms with Crippen molar-refractivity contribution in [3.63, 3.8) is 0 Å². The standard InChI is InChI=1S/C21H22FN5O/c1-3-16-15-11-24-18(10-19(15)27-21(23)26-16)13-8-7-12(22)9-14(13)17-5-4-6-20(25-17)28-2/h4-9,18,24H,3,10-11H2,1-2H3,(H2,23,26,27)/t18-/m1/s1. The summed E-state index contributed by atoms with van der Waals surface area (Å²) in [7, 11) is 1.56. The van der Waals surface area contributed by atoms with E-state index < -0.39 is 0 Å². The molecule has 1 atom stereocenters. The zero-order valence-electron chi connectivity index (χ0n) is 15.9. The van der Waals surface area contributed by atoms with Crippen LogP contribution in [0.25, 0.3) is 11.3 Å². The molecule has 144 valence electrons. The number of anilines is 1. The maximum atomic E-state index is 14.1. The molecule has 3 N–H and O–H groups in total. The van der Waals surface area contributed by atoms with Crippen LogP contribution < -0.4 is 15.8 Å². The summed E-state index contributed by atoms with van der Waals surface area (Å²) in [5.41, 5.74) is 11.3. The Morgan fingerprint density at radius 2 is 2.07 bits per heavy atom. The minimum absolute atomic E-state index is 0.0323. The monoisotopic (exact) mass is 379 g/mol. The molecule has 6 nitrogen and oxygen atoms in total. The lowest BCUT2D eigenvalue weighted by atomic mass is 9.90. The molecule has 0 unspecified atom stereocenters. The predicted octanol–water partition coefficient (Wildman–Crippen LogP) is 3.22. The lowest BCUT2D eigenvalue weighted by molar-refractivity contribution is 0.398. The van der Waals surface area contributed by atoms with Crippen LogP contribution in [0.2, 0.25) is 0 Å². The van der Waals surface area contributed by atoms with Crippen LogP contribution in [-0.4, -0.2) is 22.1 Å². The van der Waals surface area contributed by atoms with Crippen molar-refractivity contribution in [2.75, 3.05) is 12.8 Å². The maximum Gasteiger partial charge on any atom is 0.220 e. The van der Waals surface area contributed by atoms with Gasteiger partial charge in [0.2, 0.25) is 11.8 Å². The van der Waals surface area contributed by atoms with Gasteiger partial charge in [-0.1, -0.05) is 19.1 Å². The first-order chi connectivity index (χ1) is 13.6. The van der Waals surface area contributed by atoms with Crippen molar-refractivity contribution in [1.82, 2.24) is 20.3 Å². The average Bonchev–Trinajstić information content (AvgIpc) is 2.72. The summed E-state index contributed by atoms with van der Waals surface area (Å²) in [6.45, 7) is 2.70. The van der Waals surface area contributed by atoms with Gasteiger partial charge >= 0.3 is 0 Å². The Labute approximate surface area is 163 Å². The molecular weight excluding hydrogens is 357 g/mol. The van der Waals surface area contributed by atoms with Gasteiger partial charge in [-0.25, -0.2) is 19.3 Å². The minimum Gasteiger partial charge on any atom is -0.481 e. The van der Waals surface area contributed by atoms with Crippen LogP contribution in [0.3, 0.4) is 0 Å². The van der Waals surface area contributed by atoms with E-state index in [1.165, 1.54) is 12.1 Å². The molecular formula is C21H22FN5O. The number of benzene rings is 1. The Morgan fingerprint density at radius 1 is 1.21 bits per heavy atom. The van der Waals surface area contributed by atoms with E-state index in [0.717, 1.165) is 34.5 Å². The van der Waals surface area contributed by atoms with E-state index in [2.05, 4.69) is 27.2 Å². The summed E-state index contributed by atoms with van der Waals surface area (Å²) in [6, 6.07) is 10.2. The number of hydrogen-bond acceptors (Lipinski definition) is 6. The normalized spacial score (nSPS) is 15.9. The zero-order chi connectivity index (χ0) is 19.7. The Hall–Kier alpha value is -3.06. The number of nitrogen functional groups attached to an aromatic ring is 1. The van der Waals surface area contributed by atoms with Gasteiger partial charge in [-0.05, 0) is 30.2 Å². The third-order valence-corrected chi connectivity index (χ3v) is 5.05. The summed E-state index contributed by atoms with van der Waals surface area (Å²) < 4.78 is 19.3. The van der Waals surface area contributed by atoms with Gasteiger partial charge in [-0.2, -0.15) is 0 Å². The fourth-order valence-corrected chi connectivity index (χ4v) is 3.71. The van der Waals surface area contributed by atoms with E-state index >= 15 is 0 Å². The number of methoxy groups -OCH3 is 1. The molecule has 2 aromatic heterocycles. The van der Waals surface area contributed by atoms with Crippen LogP contribution in [0.15, 0.2) is 36.4 Å². The molecule has 0 amide bonds. The molecule has 4 rings (SSSR count). The van der Waals surface area contributed by atoms with E-state index in [9.17, 15) is 4.39 Å². The first kappa shape index (κ1) is 18.3. The smallest absolute Gasteiger partial charge is 0.220 e. The number of nitrogens with one attached hydrogen (secondary N) is 1. The molecule has 1 aromatic carbocycles. The van der Waals surface area contributed by atoms with Gasteiger partial charge in [0, 0.05) is 36.2 Å². The van der Waals surface area contributed by atoms with E-state index in [-0.39, 0.29) is 11.9 Å². The summed E-state index contributed by atoms with van der Waals surface area (Å²) in [6.07, 6.45) is 1.45. The van der Waals surface area contributed by atoms with Gasteiger partial charge in [-0.3, -0.25) is 0 Å². The van der Waals surface area contributed by atoms with Crippen LogP contribution in [-0.2, 0) is 19.4 Å². The number of ether oxygens (including phenoxy) is 1. The number of nitrogens with two attached hydrogens (primary N) is 1. The van der Waals surface area contributed by atoms with Gasteiger partial charge in [0.05, 0.1) is 24.2 Å². The fourth-order valence-electron chi connectivity index (χ4n) is 3.71. The van der Waals surface area contributed by atoms with Crippen LogP contribution in [0.4, 0.5) is 10.3 Å². The van der Waals surface area contributed by atoms with Crippen molar-refractivity contribution in [3.8, 4) is 17.1 Å². The Bertz CT molecular complexity index is 1020. The van der Waals surface area contributed by atoms with Gasteiger partial charge in [0.15, 0.2) is 0 Å². The summed E-state index contributed by atoms with van der Waals surface area (Å²) in [4.78, 5) is 13.3. The SMILES string of the molecule is CCc1nc(N)nc2c1CN[C@@H](c1ccc(F)cc1-c1cccc(OC)n1)C2. The summed E-state index contributed by atoms with van der Waals surface area (Å²) in [5, 5.41) is 3.54. The highest BCUT2D eigenvalue weighted by Gasteiger charge is 2.26. The van der Waals surface area contributed by atoms with E-state index in [0.29, 0.717) is 30.5 Å². The number of aromatic nitrogens is 3. The van der Waals surface area contributed by atoms with Crippen LogP contribution in [0, 0.1) is 5.82 Å². The van der Waals surface area contributed by atoms with E-state index in [1.54, 1.807) is 19.2 Å². The molecule has 0 saturated carbocycles. The molecule has 7 heteroatoms. The molecule has 28 heavy (non-hydrogen) atoms. The zero-order valence-corrected chi connectivity index (χ0v) is 15.9. The van der Waals surface area contributed by atoms with Crippen molar-refractivity contribution in [2.24, 2.45) is 0 Å². The molecule has 1 aliphatic heterocycles. The topological polar surface area (TPSA) is 86.0 Å². The number of pyridine rings is 1.